The first-order valence-corrected chi connectivity index (χ1v) is 10.3. The highest BCUT2D eigenvalue weighted by Crippen LogP contribution is 2.45. The van der Waals surface area contributed by atoms with Crippen molar-refractivity contribution in [3.8, 4) is 0 Å². The van der Waals surface area contributed by atoms with E-state index in [2.05, 4.69) is 35.1 Å². The number of aliphatic hydroxyl groups is 1. The minimum absolute atomic E-state index is 0. The van der Waals surface area contributed by atoms with Crippen LogP contribution in [0.5, 0.6) is 0 Å². The normalized spacial score (nSPS) is 21.3. The van der Waals surface area contributed by atoms with Crippen molar-refractivity contribution in [3.05, 3.63) is 22.4 Å². The van der Waals surface area contributed by atoms with Crippen LogP contribution in [0.4, 0.5) is 0 Å². The first kappa shape index (κ1) is 21.0. The maximum atomic E-state index is 9.49. The monoisotopic (exact) mass is 477 g/mol. The summed E-state index contributed by atoms with van der Waals surface area (Å²) in [5, 5.41) is 18.7. The van der Waals surface area contributed by atoms with Gasteiger partial charge < -0.3 is 15.7 Å². The van der Waals surface area contributed by atoms with Crippen molar-refractivity contribution >= 4 is 41.3 Å². The third kappa shape index (κ3) is 5.32. The molecule has 0 aliphatic heterocycles. The number of nitrogens with zero attached hydrogens (tertiary/aromatic N) is 1. The fourth-order valence-electron chi connectivity index (χ4n) is 3.70. The number of nitrogens with one attached hydrogen (secondary N) is 2. The number of guanidine groups is 1. The van der Waals surface area contributed by atoms with Gasteiger partial charge in [0.1, 0.15) is 0 Å². The van der Waals surface area contributed by atoms with Gasteiger partial charge in [-0.1, -0.05) is 25.3 Å². The SMILES string of the molecule is CCNC(=NCC1(CO)CC1)NCC1(c2cccs2)CCCCC1.I. The van der Waals surface area contributed by atoms with Crippen molar-refractivity contribution < 1.29 is 5.11 Å². The van der Waals surface area contributed by atoms with Crippen LogP contribution in [-0.4, -0.2) is 37.3 Å². The average Bonchev–Trinajstić information content (AvgIpc) is 3.18. The van der Waals surface area contributed by atoms with Gasteiger partial charge in [-0.3, -0.25) is 4.99 Å². The Morgan fingerprint density at radius 3 is 2.52 bits per heavy atom. The lowest BCUT2D eigenvalue weighted by Crippen LogP contribution is -2.46. The predicted molar refractivity (Wildman–Crippen MR) is 117 cm³/mol. The molecule has 0 atom stereocenters. The van der Waals surface area contributed by atoms with E-state index in [1.165, 1.54) is 37.0 Å². The van der Waals surface area contributed by atoms with Crippen molar-refractivity contribution in [2.24, 2.45) is 10.4 Å². The standard InChI is InChI=1S/C19H31N3OS.HI/c1-2-20-17(21-13-18(15-23)10-11-18)22-14-19(8-4-3-5-9-19)16-7-6-12-24-16;/h6-7,12,23H,2-5,8-11,13-15H2,1H3,(H2,20,21,22);1H. The summed E-state index contributed by atoms with van der Waals surface area (Å²) in [6, 6.07) is 4.47. The minimum Gasteiger partial charge on any atom is -0.396 e. The molecule has 4 nitrogen and oxygen atoms in total. The Hall–Kier alpha value is -0.340. The van der Waals surface area contributed by atoms with Crippen molar-refractivity contribution in [2.45, 2.75) is 57.3 Å². The molecular formula is C19H32IN3OS. The predicted octanol–water partition coefficient (Wildman–Crippen LogP) is 3.90. The van der Waals surface area contributed by atoms with E-state index in [0.29, 0.717) is 0 Å². The van der Waals surface area contributed by atoms with Crippen LogP contribution in [0.2, 0.25) is 0 Å². The number of aliphatic hydroxyl groups excluding tert-OH is 1. The molecule has 3 N–H and O–H groups in total. The summed E-state index contributed by atoms with van der Waals surface area (Å²) in [5.41, 5.74) is 0.329. The lowest BCUT2D eigenvalue weighted by Gasteiger charge is -2.37. The van der Waals surface area contributed by atoms with E-state index in [4.69, 9.17) is 4.99 Å². The van der Waals surface area contributed by atoms with E-state index >= 15 is 0 Å². The van der Waals surface area contributed by atoms with Crippen molar-refractivity contribution in [2.75, 3.05) is 26.2 Å². The van der Waals surface area contributed by atoms with E-state index < -0.39 is 0 Å². The molecule has 0 radical (unpaired) electrons. The van der Waals surface area contributed by atoms with Gasteiger partial charge in [0.2, 0.25) is 0 Å². The van der Waals surface area contributed by atoms with Crippen LogP contribution >= 0.6 is 35.3 Å². The second-order valence-corrected chi connectivity index (χ2v) is 8.47. The molecule has 3 rings (SSSR count). The van der Waals surface area contributed by atoms with Crippen LogP contribution in [0, 0.1) is 5.41 Å². The molecule has 2 aliphatic carbocycles. The zero-order valence-electron chi connectivity index (χ0n) is 15.2. The molecule has 1 aromatic rings. The topological polar surface area (TPSA) is 56.7 Å². The van der Waals surface area contributed by atoms with Gasteiger partial charge in [-0.05, 0) is 44.1 Å². The van der Waals surface area contributed by atoms with Crippen LogP contribution in [-0.2, 0) is 5.41 Å². The molecule has 0 saturated heterocycles. The first-order valence-electron chi connectivity index (χ1n) is 9.39. The van der Waals surface area contributed by atoms with Gasteiger partial charge in [0.05, 0.1) is 13.2 Å². The first-order chi connectivity index (χ1) is 11.7. The lowest BCUT2D eigenvalue weighted by molar-refractivity contribution is 0.216. The smallest absolute Gasteiger partial charge is 0.191 e. The van der Waals surface area contributed by atoms with Crippen LogP contribution in [0.25, 0.3) is 0 Å². The molecule has 25 heavy (non-hydrogen) atoms. The van der Waals surface area contributed by atoms with Crippen molar-refractivity contribution in [3.63, 3.8) is 0 Å². The highest BCUT2D eigenvalue weighted by atomic mass is 127. The van der Waals surface area contributed by atoms with Crippen molar-refractivity contribution in [1.29, 1.82) is 0 Å². The van der Waals surface area contributed by atoms with Gasteiger partial charge in [0.25, 0.3) is 0 Å². The minimum atomic E-state index is 0. The molecular weight excluding hydrogens is 445 g/mol. The molecule has 1 aromatic heterocycles. The zero-order valence-corrected chi connectivity index (χ0v) is 18.4. The highest BCUT2D eigenvalue weighted by molar-refractivity contribution is 14.0. The molecule has 2 fully saturated rings. The fourth-order valence-corrected chi connectivity index (χ4v) is 4.69. The van der Waals surface area contributed by atoms with E-state index in [0.717, 1.165) is 38.4 Å². The number of hydrogen-bond acceptors (Lipinski definition) is 3. The van der Waals surface area contributed by atoms with E-state index in [9.17, 15) is 5.11 Å². The Morgan fingerprint density at radius 1 is 1.20 bits per heavy atom. The molecule has 2 aliphatic rings. The van der Waals surface area contributed by atoms with Gasteiger partial charge in [-0.2, -0.15) is 0 Å². The quantitative estimate of drug-likeness (QED) is 0.317. The average molecular weight is 477 g/mol. The largest absolute Gasteiger partial charge is 0.396 e. The Kier molecular flexibility index (Phi) is 8.01. The summed E-state index contributed by atoms with van der Waals surface area (Å²) in [4.78, 5) is 6.27. The Morgan fingerprint density at radius 2 is 1.96 bits per heavy atom. The summed E-state index contributed by atoms with van der Waals surface area (Å²) in [7, 11) is 0. The molecule has 0 spiro atoms. The van der Waals surface area contributed by atoms with Crippen LogP contribution in [0.3, 0.4) is 0 Å². The molecule has 1 heterocycles. The maximum absolute atomic E-state index is 9.49. The number of rotatable bonds is 7. The highest BCUT2D eigenvalue weighted by Gasteiger charge is 2.42. The number of aliphatic imine (C=N–C) groups is 1. The zero-order chi connectivity index (χ0) is 16.9. The van der Waals surface area contributed by atoms with E-state index in [-0.39, 0.29) is 41.4 Å². The molecule has 142 valence electrons. The van der Waals surface area contributed by atoms with Crippen LogP contribution < -0.4 is 10.6 Å². The maximum Gasteiger partial charge on any atom is 0.191 e. The second kappa shape index (κ2) is 9.55. The van der Waals surface area contributed by atoms with Crippen LogP contribution in [0.15, 0.2) is 22.5 Å². The summed E-state index contributed by atoms with van der Waals surface area (Å²) in [5.74, 6) is 0.902. The summed E-state index contributed by atoms with van der Waals surface area (Å²) in [6.45, 7) is 4.90. The number of halogens is 1. The van der Waals surface area contributed by atoms with Gasteiger partial charge in [-0.25, -0.2) is 0 Å². The van der Waals surface area contributed by atoms with Gasteiger partial charge >= 0.3 is 0 Å². The molecule has 6 heteroatoms. The Bertz CT molecular complexity index is 537. The number of hydrogen-bond donors (Lipinski definition) is 3. The van der Waals surface area contributed by atoms with Crippen LogP contribution in [0.1, 0.15) is 56.7 Å². The molecule has 0 unspecified atom stereocenters. The van der Waals surface area contributed by atoms with Crippen molar-refractivity contribution in [1.82, 2.24) is 10.6 Å². The molecule has 0 amide bonds. The second-order valence-electron chi connectivity index (χ2n) is 7.53. The Balaban J connectivity index is 0.00000225. The van der Waals surface area contributed by atoms with Gasteiger partial charge in [0, 0.05) is 28.8 Å². The summed E-state index contributed by atoms with van der Waals surface area (Å²) in [6.07, 6.45) is 8.74. The fraction of sp³-hybridized carbons (Fsp3) is 0.737. The van der Waals surface area contributed by atoms with Gasteiger partial charge in [-0.15, -0.1) is 35.3 Å². The summed E-state index contributed by atoms with van der Waals surface area (Å²) < 4.78 is 0. The third-order valence-electron chi connectivity index (χ3n) is 5.66. The number of thiophene rings is 1. The van der Waals surface area contributed by atoms with Gasteiger partial charge in [0.15, 0.2) is 5.96 Å². The molecule has 0 bridgehead atoms. The third-order valence-corrected chi connectivity index (χ3v) is 6.77. The molecule has 2 saturated carbocycles. The van der Waals surface area contributed by atoms with E-state index in [1.807, 2.05) is 11.3 Å². The Labute approximate surface area is 172 Å². The lowest BCUT2D eigenvalue weighted by atomic mass is 9.73. The molecule has 0 aromatic carbocycles. The summed E-state index contributed by atoms with van der Waals surface area (Å²) >= 11 is 1.89. The van der Waals surface area contributed by atoms with E-state index in [1.54, 1.807) is 0 Å².